The van der Waals surface area contributed by atoms with Crippen molar-refractivity contribution in [1.82, 2.24) is 5.43 Å². The molecule has 1 amide bonds. The Morgan fingerprint density at radius 1 is 1.14 bits per heavy atom. The number of amides is 1. The highest BCUT2D eigenvalue weighted by molar-refractivity contribution is 6.42. The molecule has 22 heavy (non-hydrogen) atoms. The molecule has 114 valence electrons. The summed E-state index contributed by atoms with van der Waals surface area (Å²) in [5.74, 6) is -0.606. The van der Waals surface area contributed by atoms with Gasteiger partial charge < -0.3 is 5.11 Å². The molecule has 0 aliphatic carbocycles. The van der Waals surface area contributed by atoms with Crippen LogP contribution in [0.5, 0.6) is 0 Å². The monoisotopic (exact) mass is 336 g/mol. The molecule has 0 unspecified atom stereocenters. The number of carbonyl (C=O) groups excluding carboxylic acids is 1. The molecular formula is C16H14Cl2N2O2. The van der Waals surface area contributed by atoms with E-state index in [9.17, 15) is 9.90 Å². The summed E-state index contributed by atoms with van der Waals surface area (Å²) in [6.07, 6.45) is -1.27. The molecule has 0 bridgehead atoms. The van der Waals surface area contributed by atoms with Crippen LogP contribution in [0.15, 0.2) is 53.6 Å². The van der Waals surface area contributed by atoms with E-state index < -0.39 is 12.0 Å². The van der Waals surface area contributed by atoms with E-state index in [1.54, 1.807) is 55.5 Å². The van der Waals surface area contributed by atoms with Crippen LogP contribution in [0, 0.1) is 0 Å². The van der Waals surface area contributed by atoms with Crippen molar-refractivity contribution in [3.8, 4) is 0 Å². The van der Waals surface area contributed by atoms with Crippen LogP contribution in [-0.2, 0) is 4.79 Å². The summed E-state index contributed by atoms with van der Waals surface area (Å²) >= 11 is 11.8. The third-order valence-corrected chi connectivity index (χ3v) is 3.77. The molecule has 2 aromatic rings. The van der Waals surface area contributed by atoms with Gasteiger partial charge in [-0.05, 0) is 30.2 Å². The van der Waals surface area contributed by atoms with Gasteiger partial charge in [0.15, 0.2) is 6.10 Å². The average Bonchev–Trinajstić information content (AvgIpc) is 2.54. The Morgan fingerprint density at radius 3 is 2.45 bits per heavy atom. The molecule has 6 heteroatoms. The van der Waals surface area contributed by atoms with Crippen molar-refractivity contribution in [2.45, 2.75) is 13.0 Å². The Morgan fingerprint density at radius 2 is 1.82 bits per heavy atom. The summed E-state index contributed by atoms with van der Waals surface area (Å²) in [4.78, 5) is 11.9. The summed E-state index contributed by atoms with van der Waals surface area (Å²) in [6.45, 7) is 1.72. The fourth-order valence-corrected chi connectivity index (χ4v) is 2.07. The molecule has 2 N–H and O–H groups in total. The Labute approximate surface area is 138 Å². The third-order valence-electron chi connectivity index (χ3n) is 3.03. The van der Waals surface area contributed by atoms with Gasteiger partial charge in [-0.2, -0.15) is 5.10 Å². The van der Waals surface area contributed by atoms with E-state index in [1.165, 1.54) is 0 Å². The number of hydrazone groups is 1. The fraction of sp³-hybridized carbons (Fsp3) is 0.125. The molecular weight excluding hydrogens is 323 g/mol. The van der Waals surface area contributed by atoms with Gasteiger partial charge in [0.05, 0.1) is 15.8 Å². The van der Waals surface area contributed by atoms with Gasteiger partial charge in [0.25, 0.3) is 5.91 Å². The van der Waals surface area contributed by atoms with Crippen molar-refractivity contribution in [2.75, 3.05) is 0 Å². The zero-order chi connectivity index (χ0) is 16.1. The lowest BCUT2D eigenvalue weighted by Crippen LogP contribution is -2.26. The van der Waals surface area contributed by atoms with Crippen molar-refractivity contribution in [3.05, 3.63) is 69.7 Å². The third kappa shape index (κ3) is 4.07. The van der Waals surface area contributed by atoms with E-state index in [1.807, 2.05) is 0 Å². The summed E-state index contributed by atoms with van der Waals surface area (Å²) in [5.41, 5.74) is 4.11. The summed E-state index contributed by atoms with van der Waals surface area (Å²) in [5, 5.41) is 14.8. The minimum atomic E-state index is -1.27. The molecule has 0 aliphatic rings. The quantitative estimate of drug-likeness (QED) is 0.662. The van der Waals surface area contributed by atoms with Crippen LogP contribution < -0.4 is 5.43 Å². The van der Waals surface area contributed by atoms with Crippen molar-refractivity contribution in [3.63, 3.8) is 0 Å². The molecule has 0 aliphatic heterocycles. The molecule has 2 aromatic carbocycles. The van der Waals surface area contributed by atoms with E-state index in [0.29, 0.717) is 21.3 Å². The van der Waals surface area contributed by atoms with Gasteiger partial charge in [-0.3, -0.25) is 4.79 Å². The van der Waals surface area contributed by atoms with E-state index in [-0.39, 0.29) is 0 Å². The van der Waals surface area contributed by atoms with Crippen molar-refractivity contribution < 1.29 is 9.90 Å². The van der Waals surface area contributed by atoms with Crippen LogP contribution in [0.4, 0.5) is 0 Å². The lowest BCUT2D eigenvalue weighted by molar-refractivity contribution is -0.129. The molecule has 0 aromatic heterocycles. The minimum Gasteiger partial charge on any atom is -0.378 e. The number of benzene rings is 2. The van der Waals surface area contributed by atoms with Gasteiger partial charge in [-0.15, -0.1) is 0 Å². The predicted molar refractivity (Wildman–Crippen MR) is 88.2 cm³/mol. The fourth-order valence-electron chi connectivity index (χ4n) is 1.77. The highest BCUT2D eigenvalue weighted by Crippen LogP contribution is 2.22. The molecule has 1 atom stereocenters. The largest absolute Gasteiger partial charge is 0.378 e. The Hall–Kier alpha value is -1.88. The lowest BCUT2D eigenvalue weighted by Gasteiger charge is -2.09. The lowest BCUT2D eigenvalue weighted by atomic mass is 10.1. The maximum atomic E-state index is 11.9. The van der Waals surface area contributed by atoms with E-state index in [0.717, 1.165) is 5.56 Å². The van der Waals surface area contributed by atoms with Gasteiger partial charge in [-0.1, -0.05) is 59.6 Å². The maximum absolute atomic E-state index is 11.9. The molecule has 0 fully saturated rings. The summed E-state index contributed by atoms with van der Waals surface area (Å²) in [7, 11) is 0. The smallest absolute Gasteiger partial charge is 0.273 e. The Balaban J connectivity index is 2.07. The zero-order valence-electron chi connectivity index (χ0n) is 11.8. The number of hydrogen-bond acceptors (Lipinski definition) is 3. The SMILES string of the molecule is C/C(=N\NC(=O)[C@H](O)c1ccccc1)c1ccc(Cl)c(Cl)c1. The van der Waals surface area contributed by atoms with Crippen LogP contribution in [0.3, 0.4) is 0 Å². The van der Waals surface area contributed by atoms with Crippen molar-refractivity contribution >= 4 is 34.8 Å². The highest BCUT2D eigenvalue weighted by Gasteiger charge is 2.16. The van der Waals surface area contributed by atoms with Gasteiger partial charge in [0.2, 0.25) is 0 Å². The topological polar surface area (TPSA) is 61.7 Å². The maximum Gasteiger partial charge on any atom is 0.273 e. The molecule has 4 nitrogen and oxygen atoms in total. The van der Waals surface area contributed by atoms with Crippen LogP contribution in [0.25, 0.3) is 0 Å². The molecule has 0 heterocycles. The van der Waals surface area contributed by atoms with E-state index in [4.69, 9.17) is 23.2 Å². The second-order valence-electron chi connectivity index (χ2n) is 4.62. The number of carbonyl (C=O) groups is 1. The number of hydrogen-bond donors (Lipinski definition) is 2. The zero-order valence-corrected chi connectivity index (χ0v) is 13.3. The Bertz CT molecular complexity index is 703. The summed E-state index contributed by atoms with van der Waals surface area (Å²) in [6, 6.07) is 13.7. The predicted octanol–water partition coefficient (Wildman–Crippen LogP) is 3.57. The molecule has 0 saturated heterocycles. The van der Waals surface area contributed by atoms with Gasteiger partial charge in [-0.25, -0.2) is 5.43 Å². The van der Waals surface area contributed by atoms with Crippen molar-refractivity contribution in [2.24, 2.45) is 5.10 Å². The van der Waals surface area contributed by atoms with Crippen LogP contribution in [0.1, 0.15) is 24.2 Å². The molecule has 0 saturated carbocycles. The normalized spacial score (nSPS) is 12.8. The number of nitrogens with one attached hydrogen (secondary N) is 1. The van der Waals surface area contributed by atoms with Gasteiger partial charge >= 0.3 is 0 Å². The number of aliphatic hydroxyl groups excluding tert-OH is 1. The minimum absolute atomic E-state index is 0.407. The number of nitrogens with zero attached hydrogens (tertiary/aromatic N) is 1. The first-order valence-corrected chi connectivity index (χ1v) is 7.27. The van der Waals surface area contributed by atoms with Crippen LogP contribution in [-0.4, -0.2) is 16.7 Å². The van der Waals surface area contributed by atoms with E-state index in [2.05, 4.69) is 10.5 Å². The van der Waals surface area contributed by atoms with Gasteiger partial charge in [0, 0.05) is 0 Å². The average molecular weight is 337 g/mol. The van der Waals surface area contributed by atoms with Crippen LogP contribution >= 0.6 is 23.2 Å². The molecule has 2 rings (SSSR count). The number of aliphatic hydroxyl groups is 1. The molecule has 0 spiro atoms. The van der Waals surface area contributed by atoms with E-state index >= 15 is 0 Å². The second kappa shape index (κ2) is 7.40. The highest BCUT2D eigenvalue weighted by atomic mass is 35.5. The first kappa shape index (κ1) is 16.5. The second-order valence-corrected chi connectivity index (χ2v) is 5.43. The van der Waals surface area contributed by atoms with Gasteiger partial charge in [0.1, 0.15) is 0 Å². The Kier molecular flexibility index (Phi) is 5.55. The number of halogens is 2. The first-order valence-electron chi connectivity index (χ1n) is 6.51. The van der Waals surface area contributed by atoms with Crippen molar-refractivity contribution in [1.29, 1.82) is 0 Å². The standard InChI is InChI=1S/C16H14Cl2N2O2/c1-10(12-7-8-13(17)14(18)9-12)19-20-16(22)15(21)11-5-3-2-4-6-11/h2-9,15,21H,1H3,(H,20,22)/b19-10+/t15-/m1/s1. The van der Waals surface area contributed by atoms with Crippen LogP contribution in [0.2, 0.25) is 10.0 Å². The molecule has 0 radical (unpaired) electrons. The first-order chi connectivity index (χ1) is 10.5. The number of rotatable bonds is 4. The summed E-state index contributed by atoms with van der Waals surface area (Å²) < 4.78 is 0.